The molecular weight excluding hydrogens is 633 g/mol. The van der Waals surface area contributed by atoms with Crippen LogP contribution in [0.3, 0.4) is 0 Å². The van der Waals surface area contributed by atoms with Crippen LogP contribution >= 0.6 is 0 Å². The molecule has 1 aliphatic carbocycles. The molecule has 0 N–H and O–H groups in total. The van der Waals surface area contributed by atoms with Gasteiger partial charge in [0.15, 0.2) is 11.6 Å². The maximum Gasteiger partial charge on any atom is 0.234 e. The molecule has 0 saturated carbocycles. The number of fused-ring (bicyclic) bond motifs is 2. The van der Waals surface area contributed by atoms with Gasteiger partial charge in [-0.15, -0.1) is 0 Å². The number of anilines is 2. The number of para-hydroxylation sites is 1. The van der Waals surface area contributed by atoms with Crippen LogP contribution in [0.25, 0.3) is 22.8 Å². The summed E-state index contributed by atoms with van der Waals surface area (Å²) < 4.78 is 0. The Hall–Kier alpha value is -5.35. The normalized spacial score (nSPS) is 16.1. The Bertz CT molecular complexity index is 1990. The topological polar surface area (TPSA) is 41.9 Å². The van der Waals surface area contributed by atoms with Gasteiger partial charge in [-0.2, -0.15) is 9.97 Å². The average Bonchev–Trinajstić information content (AvgIpc) is 3.19. The second-order valence-electron chi connectivity index (χ2n) is 14.1. The van der Waals surface area contributed by atoms with Crippen LogP contribution in [-0.4, -0.2) is 21.5 Å². The van der Waals surface area contributed by atoms with Crippen molar-refractivity contribution in [1.82, 2.24) is 15.0 Å². The summed E-state index contributed by atoms with van der Waals surface area (Å²) in [5.74, 6) is 2.63. The molecule has 1 atom stereocenters. The highest BCUT2D eigenvalue weighted by atomic mass is 15.3. The Morgan fingerprint density at radius 2 is 1.12 bits per heavy atom. The van der Waals surface area contributed by atoms with Gasteiger partial charge in [0.1, 0.15) is 0 Å². The van der Waals surface area contributed by atoms with Crippen molar-refractivity contribution >= 4 is 11.6 Å². The summed E-state index contributed by atoms with van der Waals surface area (Å²) in [6.07, 6.45) is 20.1. The fourth-order valence-electron chi connectivity index (χ4n) is 7.52. The summed E-state index contributed by atoms with van der Waals surface area (Å²) >= 11 is 0. The Balaban J connectivity index is 1.11. The number of allylic oxidation sites excluding steroid dienone is 4. The van der Waals surface area contributed by atoms with Crippen molar-refractivity contribution in [3.63, 3.8) is 0 Å². The van der Waals surface area contributed by atoms with Crippen molar-refractivity contribution in [2.24, 2.45) is 5.92 Å². The molecule has 0 spiro atoms. The first-order valence-electron chi connectivity index (χ1n) is 19.3. The molecule has 0 radical (unpaired) electrons. The highest BCUT2D eigenvalue weighted by Gasteiger charge is 2.28. The molecule has 2 aliphatic rings. The van der Waals surface area contributed by atoms with Gasteiger partial charge in [-0.05, 0) is 91.2 Å². The molecule has 1 aromatic heterocycles. The Morgan fingerprint density at radius 1 is 0.558 bits per heavy atom. The first kappa shape index (κ1) is 35.1. The largest absolute Gasteiger partial charge is 0.310 e. The molecule has 7 rings (SSSR count). The maximum absolute atomic E-state index is 5.11. The van der Waals surface area contributed by atoms with Crippen molar-refractivity contribution in [1.29, 1.82) is 0 Å². The second-order valence-corrected chi connectivity index (χ2v) is 14.1. The number of nitrogens with zero attached hydrogens (tertiary/aromatic N) is 4. The number of aromatic nitrogens is 3. The fourth-order valence-corrected chi connectivity index (χ4v) is 7.52. The number of rotatable bonds is 11. The molecule has 52 heavy (non-hydrogen) atoms. The minimum absolute atomic E-state index is 0.509. The van der Waals surface area contributed by atoms with E-state index in [-0.39, 0.29) is 0 Å². The average molecular weight is 683 g/mol. The van der Waals surface area contributed by atoms with Crippen molar-refractivity contribution < 1.29 is 0 Å². The molecule has 1 unspecified atom stereocenters. The zero-order chi connectivity index (χ0) is 35.4. The number of unbranched alkanes of at least 4 members (excludes halogenated alkanes) is 2. The Morgan fingerprint density at radius 3 is 1.73 bits per heavy atom. The minimum atomic E-state index is 0.509. The van der Waals surface area contributed by atoms with E-state index in [9.17, 15) is 0 Å². The highest BCUT2D eigenvalue weighted by molar-refractivity contribution is 5.68. The SMILES string of the molecule is CCCCc1cccc2c(cccc1CCCCC1Cc3ccccc3N(c3nc(-c4ccccc4)nc(-c4ccccc4)n3)C1)C/C=C\C=C/C2. The highest BCUT2D eigenvalue weighted by Crippen LogP contribution is 2.37. The third-order valence-electron chi connectivity index (χ3n) is 10.3. The summed E-state index contributed by atoms with van der Waals surface area (Å²) in [6.45, 7) is 3.18. The molecule has 0 bridgehead atoms. The molecular formula is C48H50N4. The summed E-state index contributed by atoms with van der Waals surface area (Å²) in [6, 6.07) is 43.4. The lowest BCUT2D eigenvalue weighted by Gasteiger charge is -2.35. The molecule has 0 amide bonds. The van der Waals surface area contributed by atoms with Crippen molar-refractivity contribution in [2.45, 2.75) is 71.1 Å². The van der Waals surface area contributed by atoms with Crippen LogP contribution in [0.5, 0.6) is 0 Å². The van der Waals surface area contributed by atoms with Crippen molar-refractivity contribution in [3.8, 4) is 22.8 Å². The fraction of sp³-hybridized carbons (Fsp3) is 0.271. The van der Waals surface area contributed by atoms with Crippen LogP contribution < -0.4 is 4.90 Å². The molecule has 0 saturated heterocycles. The molecule has 4 heteroatoms. The van der Waals surface area contributed by atoms with Gasteiger partial charge in [-0.25, -0.2) is 4.98 Å². The van der Waals surface area contributed by atoms with E-state index in [1.807, 2.05) is 36.4 Å². The van der Waals surface area contributed by atoms with Gasteiger partial charge in [-0.3, -0.25) is 0 Å². The van der Waals surface area contributed by atoms with Crippen LogP contribution in [0.4, 0.5) is 11.6 Å². The lowest BCUT2D eigenvalue weighted by atomic mass is 9.88. The van der Waals surface area contributed by atoms with Gasteiger partial charge in [0, 0.05) is 23.4 Å². The monoisotopic (exact) mass is 682 g/mol. The van der Waals surface area contributed by atoms with E-state index >= 15 is 0 Å². The Kier molecular flexibility index (Phi) is 12.0. The lowest BCUT2D eigenvalue weighted by molar-refractivity contribution is 0.448. The summed E-state index contributed by atoms with van der Waals surface area (Å²) in [5, 5.41) is 0. The zero-order valence-corrected chi connectivity index (χ0v) is 30.5. The van der Waals surface area contributed by atoms with Crippen LogP contribution in [0, 0.1) is 5.92 Å². The third-order valence-corrected chi connectivity index (χ3v) is 10.3. The van der Waals surface area contributed by atoms with E-state index in [1.165, 1.54) is 65.6 Å². The minimum Gasteiger partial charge on any atom is -0.310 e. The molecule has 4 aromatic carbocycles. The van der Waals surface area contributed by atoms with E-state index in [0.29, 0.717) is 17.6 Å². The van der Waals surface area contributed by atoms with E-state index < -0.39 is 0 Å². The molecule has 262 valence electrons. The van der Waals surface area contributed by atoms with Gasteiger partial charge in [0.05, 0.1) is 0 Å². The van der Waals surface area contributed by atoms with Crippen LogP contribution in [0.2, 0.25) is 0 Å². The van der Waals surface area contributed by atoms with E-state index in [0.717, 1.165) is 55.7 Å². The van der Waals surface area contributed by atoms with Crippen LogP contribution in [0.1, 0.15) is 66.8 Å². The summed E-state index contributed by atoms with van der Waals surface area (Å²) in [5.41, 5.74) is 10.4. The molecule has 4 nitrogen and oxygen atoms in total. The number of benzene rings is 3. The zero-order valence-electron chi connectivity index (χ0n) is 30.5. The van der Waals surface area contributed by atoms with E-state index in [1.54, 1.807) is 0 Å². The van der Waals surface area contributed by atoms with Crippen LogP contribution in [-0.2, 0) is 32.1 Å². The van der Waals surface area contributed by atoms with Gasteiger partial charge in [0.25, 0.3) is 0 Å². The number of aryl methyl sites for hydroxylation is 2. The first-order valence-corrected chi connectivity index (χ1v) is 19.3. The molecule has 0 fully saturated rings. The molecule has 2 heterocycles. The summed E-state index contributed by atoms with van der Waals surface area (Å²) in [4.78, 5) is 17.5. The molecule has 5 aromatic rings. The standard InChI is InChI=1S/C48H50N4/c1-2-3-21-38-30-18-31-39-22-8-4-5-9-23-40(39)32-19-33-41(38)24-15-14-20-37-35-44-29-16-17-34-45(44)52(36-37)48-50-46(42-25-10-6-11-26-42)49-47(51-48)43-27-12-7-13-28-43/h4-13,16-19,25-34,37H,2-3,14-15,20-24,35-36H2,1H3/b8-4-,9-5-,30-18?,31-18?,32-19?,33-19?,38-30?,39-31?,40-32?,40-39?,41-33?,41-38?. The predicted molar refractivity (Wildman–Crippen MR) is 217 cm³/mol. The van der Waals surface area contributed by atoms with Crippen molar-refractivity contribution in [3.05, 3.63) is 173 Å². The third kappa shape index (κ3) is 8.92. The number of hydrogen-bond donors (Lipinski definition) is 0. The van der Waals surface area contributed by atoms with Gasteiger partial charge < -0.3 is 4.90 Å². The predicted octanol–water partition coefficient (Wildman–Crippen LogP) is 11.6. The lowest BCUT2D eigenvalue weighted by Crippen LogP contribution is -2.33. The van der Waals surface area contributed by atoms with Gasteiger partial charge in [-0.1, -0.05) is 159 Å². The van der Waals surface area contributed by atoms with Gasteiger partial charge in [0.2, 0.25) is 5.95 Å². The molecule has 1 aliphatic heterocycles. The summed E-state index contributed by atoms with van der Waals surface area (Å²) in [7, 11) is 0. The second kappa shape index (κ2) is 17.7. The van der Waals surface area contributed by atoms with E-state index in [2.05, 4.69) is 121 Å². The number of hydrogen-bond acceptors (Lipinski definition) is 4. The van der Waals surface area contributed by atoms with E-state index in [4.69, 9.17) is 15.0 Å². The Labute approximate surface area is 310 Å². The quantitative estimate of drug-likeness (QED) is 0.130. The maximum atomic E-state index is 5.11. The van der Waals surface area contributed by atoms with Gasteiger partial charge >= 0.3 is 0 Å². The smallest absolute Gasteiger partial charge is 0.234 e. The van der Waals surface area contributed by atoms with Crippen LogP contribution in [0.15, 0.2) is 146 Å². The first-order chi connectivity index (χ1) is 25.7. The van der Waals surface area contributed by atoms with Crippen molar-refractivity contribution in [2.75, 3.05) is 11.4 Å².